The predicted octanol–water partition coefficient (Wildman–Crippen LogP) is 1.54. The van der Waals surface area contributed by atoms with Crippen molar-refractivity contribution in [2.45, 2.75) is 26.3 Å². The summed E-state index contributed by atoms with van der Waals surface area (Å²) >= 11 is 0. The first-order valence-corrected chi connectivity index (χ1v) is 9.93. The topological polar surface area (TPSA) is 84.3 Å². The van der Waals surface area contributed by atoms with E-state index in [0.29, 0.717) is 24.2 Å². The molecule has 0 aliphatic carbocycles. The van der Waals surface area contributed by atoms with Crippen LogP contribution in [-0.4, -0.2) is 36.9 Å². The minimum atomic E-state index is -3.28. The van der Waals surface area contributed by atoms with Gasteiger partial charge in [-0.1, -0.05) is 0 Å². The first kappa shape index (κ1) is 17.5. The second kappa shape index (κ2) is 6.18. The molecule has 1 aromatic carbocycles. The summed E-state index contributed by atoms with van der Waals surface area (Å²) in [7, 11) is -1.42. The van der Waals surface area contributed by atoms with E-state index in [1.807, 2.05) is 20.9 Å². The van der Waals surface area contributed by atoms with E-state index in [0.717, 1.165) is 16.8 Å². The molecule has 1 aromatic heterocycles. The van der Waals surface area contributed by atoms with Crippen LogP contribution in [0.5, 0.6) is 0 Å². The Bertz CT molecular complexity index is 933. The Morgan fingerprint density at radius 3 is 2.68 bits per heavy atom. The monoisotopic (exact) mass is 362 g/mol. The lowest BCUT2D eigenvalue weighted by atomic mass is 10.1. The maximum Gasteiger partial charge on any atom is 0.251 e. The SMILES string of the molecule is Cc1c(C(C)NC(=O)c2ccc3c(c2)CCN3S(C)(=O)=O)cnn1C. The standard InChI is InChI=1S/C17H22N4O3S/c1-11(15-10-18-20(3)12(15)2)19-17(22)14-5-6-16-13(9-14)7-8-21(16)25(4,23)24/h5-6,9-11H,7-8H2,1-4H3,(H,19,22). The van der Waals surface area contributed by atoms with Gasteiger partial charge in [0, 0.05) is 30.4 Å². The number of benzene rings is 1. The van der Waals surface area contributed by atoms with Crippen LogP contribution in [0, 0.1) is 6.92 Å². The molecule has 0 spiro atoms. The molecule has 3 rings (SSSR count). The molecule has 0 bridgehead atoms. The molecule has 25 heavy (non-hydrogen) atoms. The van der Waals surface area contributed by atoms with Gasteiger partial charge in [0.25, 0.3) is 5.91 Å². The number of fused-ring (bicyclic) bond motifs is 1. The third kappa shape index (κ3) is 3.26. The number of rotatable bonds is 4. The number of amides is 1. The molecule has 0 saturated carbocycles. The highest BCUT2D eigenvalue weighted by molar-refractivity contribution is 7.92. The summed E-state index contributed by atoms with van der Waals surface area (Å²) in [6, 6.07) is 4.99. The van der Waals surface area contributed by atoms with Crippen LogP contribution in [0.25, 0.3) is 0 Å². The number of aryl methyl sites for hydroxylation is 1. The van der Waals surface area contributed by atoms with Crippen LogP contribution < -0.4 is 9.62 Å². The molecule has 0 fully saturated rings. The highest BCUT2D eigenvalue weighted by atomic mass is 32.2. The summed E-state index contributed by atoms with van der Waals surface area (Å²) in [6.07, 6.45) is 3.56. The lowest BCUT2D eigenvalue weighted by molar-refractivity contribution is 0.0939. The second-order valence-corrected chi connectivity index (χ2v) is 8.34. The molecule has 1 aliphatic heterocycles. The van der Waals surface area contributed by atoms with E-state index in [4.69, 9.17) is 0 Å². The third-order valence-electron chi connectivity index (χ3n) is 4.68. The van der Waals surface area contributed by atoms with Gasteiger partial charge in [0.05, 0.1) is 24.2 Å². The molecule has 134 valence electrons. The zero-order chi connectivity index (χ0) is 18.4. The van der Waals surface area contributed by atoms with Crippen molar-refractivity contribution in [3.63, 3.8) is 0 Å². The van der Waals surface area contributed by atoms with Crippen LogP contribution in [0.3, 0.4) is 0 Å². The number of nitrogens with one attached hydrogen (secondary N) is 1. The Hall–Kier alpha value is -2.35. The molecule has 1 amide bonds. The number of hydrogen-bond acceptors (Lipinski definition) is 4. The van der Waals surface area contributed by atoms with Crippen molar-refractivity contribution in [1.82, 2.24) is 15.1 Å². The molecule has 1 atom stereocenters. The molecule has 7 nitrogen and oxygen atoms in total. The van der Waals surface area contributed by atoms with Gasteiger partial charge in [-0.05, 0) is 44.0 Å². The highest BCUT2D eigenvalue weighted by Crippen LogP contribution is 2.30. The number of aromatic nitrogens is 2. The zero-order valence-corrected chi connectivity index (χ0v) is 15.6. The molecule has 8 heteroatoms. The fourth-order valence-corrected chi connectivity index (χ4v) is 4.11. The van der Waals surface area contributed by atoms with Gasteiger partial charge in [-0.25, -0.2) is 8.42 Å². The minimum Gasteiger partial charge on any atom is -0.345 e. The first-order chi connectivity index (χ1) is 11.7. The molecule has 0 radical (unpaired) electrons. The normalized spacial score (nSPS) is 15.1. The van der Waals surface area contributed by atoms with E-state index in [1.54, 1.807) is 29.1 Å². The zero-order valence-electron chi connectivity index (χ0n) is 14.8. The van der Waals surface area contributed by atoms with Crippen LogP contribution in [0.1, 0.15) is 40.1 Å². The van der Waals surface area contributed by atoms with Crippen molar-refractivity contribution in [1.29, 1.82) is 0 Å². The van der Waals surface area contributed by atoms with Gasteiger partial charge in [-0.15, -0.1) is 0 Å². The van der Waals surface area contributed by atoms with Gasteiger partial charge in [-0.3, -0.25) is 13.8 Å². The average molecular weight is 362 g/mol. The highest BCUT2D eigenvalue weighted by Gasteiger charge is 2.27. The molecule has 1 aliphatic rings. The second-order valence-electron chi connectivity index (χ2n) is 6.43. The largest absolute Gasteiger partial charge is 0.345 e. The number of carbonyl (C=O) groups excluding carboxylic acids is 1. The van der Waals surface area contributed by atoms with Crippen LogP contribution in [0.15, 0.2) is 24.4 Å². The predicted molar refractivity (Wildman–Crippen MR) is 96.2 cm³/mol. The molecule has 1 N–H and O–H groups in total. The lowest BCUT2D eigenvalue weighted by Gasteiger charge is -2.17. The number of sulfonamides is 1. The Labute approximate surface area is 147 Å². The number of anilines is 1. The molecule has 1 unspecified atom stereocenters. The van der Waals surface area contributed by atoms with Crippen molar-refractivity contribution < 1.29 is 13.2 Å². The Kier molecular flexibility index (Phi) is 4.32. The van der Waals surface area contributed by atoms with Crippen LogP contribution >= 0.6 is 0 Å². The maximum atomic E-state index is 12.6. The van der Waals surface area contributed by atoms with E-state index in [-0.39, 0.29) is 11.9 Å². The smallest absolute Gasteiger partial charge is 0.251 e. The lowest BCUT2D eigenvalue weighted by Crippen LogP contribution is -2.28. The van der Waals surface area contributed by atoms with E-state index >= 15 is 0 Å². The van der Waals surface area contributed by atoms with Crippen LogP contribution in [-0.2, 0) is 23.5 Å². The van der Waals surface area contributed by atoms with Gasteiger partial charge in [0.1, 0.15) is 0 Å². The van der Waals surface area contributed by atoms with Crippen LogP contribution in [0.4, 0.5) is 5.69 Å². The van der Waals surface area contributed by atoms with E-state index < -0.39 is 10.0 Å². The average Bonchev–Trinajstić information content (AvgIpc) is 3.10. The summed E-state index contributed by atoms with van der Waals surface area (Å²) in [4.78, 5) is 12.6. The molecule has 0 saturated heterocycles. The summed E-state index contributed by atoms with van der Waals surface area (Å²) in [5.41, 5.74) is 4.05. The quantitative estimate of drug-likeness (QED) is 0.894. The van der Waals surface area contributed by atoms with E-state index in [9.17, 15) is 13.2 Å². The summed E-state index contributed by atoms with van der Waals surface area (Å²) in [5, 5.41) is 7.17. The molecule has 2 heterocycles. The van der Waals surface area contributed by atoms with Gasteiger partial charge < -0.3 is 5.32 Å². The van der Waals surface area contributed by atoms with Gasteiger partial charge in [0.15, 0.2) is 0 Å². The molecular formula is C17H22N4O3S. The van der Waals surface area contributed by atoms with Gasteiger partial charge >= 0.3 is 0 Å². The summed E-state index contributed by atoms with van der Waals surface area (Å²) < 4.78 is 26.7. The van der Waals surface area contributed by atoms with Gasteiger partial charge in [0.2, 0.25) is 10.0 Å². The Morgan fingerprint density at radius 1 is 1.36 bits per heavy atom. The van der Waals surface area contributed by atoms with Crippen LogP contribution in [0.2, 0.25) is 0 Å². The van der Waals surface area contributed by atoms with Crippen molar-refractivity contribution >= 4 is 21.6 Å². The van der Waals surface area contributed by atoms with Crippen molar-refractivity contribution in [3.05, 3.63) is 46.8 Å². The van der Waals surface area contributed by atoms with Crippen molar-refractivity contribution in [2.24, 2.45) is 7.05 Å². The number of nitrogens with zero attached hydrogens (tertiary/aromatic N) is 3. The maximum absolute atomic E-state index is 12.6. The Morgan fingerprint density at radius 2 is 2.08 bits per heavy atom. The van der Waals surface area contributed by atoms with E-state index in [1.165, 1.54) is 10.6 Å². The van der Waals surface area contributed by atoms with Gasteiger partial charge in [-0.2, -0.15) is 5.10 Å². The third-order valence-corrected chi connectivity index (χ3v) is 5.86. The van der Waals surface area contributed by atoms with Crippen molar-refractivity contribution in [2.75, 3.05) is 17.1 Å². The number of carbonyl (C=O) groups is 1. The first-order valence-electron chi connectivity index (χ1n) is 8.08. The van der Waals surface area contributed by atoms with E-state index in [2.05, 4.69) is 10.4 Å². The fourth-order valence-electron chi connectivity index (χ4n) is 3.16. The molecular weight excluding hydrogens is 340 g/mol. The summed E-state index contributed by atoms with van der Waals surface area (Å²) in [5.74, 6) is -0.184. The number of hydrogen-bond donors (Lipinski definition) is 1. The minimum absolute atomic E-state index is 0.165. The molecule has 2 aromatic rings. The fraction of sp³-hybridized carbons (Fsp3) is 0.412. The summed E-state index contributed by atoms with van der Waals surface area (Å²) in [6.45, 7) is 4.30. The Balaban J connectivity index is 1.79. The van der Waals surface area contributed by atoms with Crippen molar-refractivity contribution in [3.8, 4) is 0 Å².